The van der Waals surface area contributed by atoms with Gasteiger partial charge in [0.2, 0.25) is 0 Å². The Morgan fingerprint density at radius 2 is 2.07 bits per heavy atom. The third kappa shape index (κ3) is 2.11. The van der Waals surface area contributed by atoms with Crippen LogP contribution in [-0.4, -0.2) is 11.1 Å². The van der Waals surface area contributed by atoms with Crippen LogP contribution in [0.3, 0.4) is 0 Å². The van der Waals surface area contributed by atoms with Crippen molar-refractivity contribution in [3.8, 4) is 0 Å². The maximum Gasteiger partial charge on any atom is 0.325 e. The molecule has 3 nitrogen and oxygen atoms in total. The first-order valence-corrected chi connectivity index (χ1v) is 4.67. The van der Waals surface area contributed by atoms with E-state index in [2.05, 4.69) is 0 Å². The lowest BCUT2D eigenvalue weighted by atomic mass is 9.96. The van der Waals surface area contributed by atoms with Crippen LogP contribution in [0.1, 0.15) is 22.7 Å². The van der Waals surface area contributed by atoms with E-state index in [1.54, 1.807) is 6.92 Å². The van der Waals surface area contributed by atoms with Gasteiger partial charge in [0.15, 0.2) is 0 Å². The molecule has 15 heavy (non-hydrogen) atoms. The molecule has 1 atom stereocenters. The fraction of sp³-hybridized carbons (Fsp3) is 0.300. The van der Waals surface area contributed by atoms with Gasteiger partial charge in [0.05, 0.1) is 0 Å². The lowest BCUT2D eigenvalue weighted by Gasteiger charge is -2.15. The summed E-state index contributed by atoms with van der Waals surface area (Å²) in [5.74, 6) is -1.75. The summed E-state index contributed by atoms with van der Waals surface area (Å²) in [7, 11) is 0. The molecule has 1 aromatic rings. The number of benzene rings is 1. The van der Waals surface area contributed by atoms with E-state index in [-0.39, 0.29) is 16.1 Å². The highest BCUT2D eigenvalue weighted by Gasteiger charge is 2.22. The lowest BCUT2D eigenvalue weighted by molar-refractivity contribution is -0.138. The highest BCUT2D eigenvalue weighted by Crippen LogP contribution is 2.28. The molecule has 82 valence electrons. The standard InChI is InChI=1S/C10H11ClFNO2/c1-4-6(11)3-7(12)5(2)8(4)9(13)10(14)15/h3,9H,13H2,1-2H3,(H,14,15). The Hall–Kier alpha value is -1.13. The number of nitrogens with two attached hydrogens (primary N) is 1. The van der Waals surface area contributed by atoms with Crippen molar-refractivity contribution in [3.05, 3.63) is 33.6 Å². The van der Waals surface area contributed by atoms with E-state index in [0.717, 1.165) is 6.07 Å². The number of hydrogen-bond donors (Lipinski definition) is 2. The average molecular weight is 232 g/mol. The van der Waals surface area contributed by atoms with Crippen molar-refractivity contribution in [1.82, 2.24) is 0 Å². The van der Waals surface area contributed by atoms with Gasteiger partial charge < -0.3 is 10.8 Å². The van der Waals surface area contributed by atoms with Crippen LogP contribution in [0.4, 0.5) is 4.39 Å². The molecule has 0 aliphatic carbocycles. The smallest absolute Gasteiger partial charge is 0.325 e. The Morgan fingerprint density at radius 3 is 2.53 bits per heavy atom. The van der Waals surface area contributed by atoms with Crippen molar-refractivity contribution >= 4 is 17.6 Å². The van der Waals surface area contributed by atoms with E-state index in [1.165, 1.54) is 6.92 Å². The van der Waals surface area contributed by atoms with Crippen LogP contribution in [0.25, 0.3) is 0 Å². The SMILES string of the molecule is Cc1c(F)cc(Cl)c(C)c1C(N)C(=O)O. The summed E-state index contributed by atoms with van der Waals surface area (Å²) in [5, 5.41) is 8.96. The van der Waals surface area contributed by atoms with E-state index in [0.29, 0.717) is 5.56 Å². The van der Waals surface area contributed by atoms with Gasteiger partial charge >= 0.3 is 5.97 Å². The minimum absolute atomic E-state index is 0.185. The molecule has 5 heteroatoms. The van der Waals surface area contributed by atoms with Crippen LogP contribution >= 0.6 is 11.6 Å². The fourth-order valence-corrected chi connectivity index (χ4v) is 1.65. The Kier molecular flexibility index (Phi) is 3.31. The highest BCUT2D eigenvalue weighted by molar-refractivity contribution is 6.31. The average Bonchev–Trinajstić information content (AvgIpc) is 2.15. The van der Waals surface area contributed by atoms with Crippen LogP contribution in [-0.2, 0) is 4.79 Å². The van der Waals surface area contributed by atoms with Crippen molar-refractivity contribution < 1.29 is 14.3 Å². The van der Waals surface area contributed by atoms with E-state index in [4.69, 9.17) is 22.4 Å². The van der Waals surface area contributed by atoms with Crippen LogP contribution in [0.5, 0.6) is 0 Å². The molecule has 0 saturated heterocycles. The van der Waals surface area contributed by atoms with Crippen LogP contribution in [0.15, 0.2) is 6.07 Å². The minimum atomic E-state index is -1.25. The van der Waals surface area contributed by atoms with Crippen LogP contribution in [0, 0.1) is 19.7 Å². The van der Waals surface area contributed by atoms with E-state index in [1.807, 2.05) is 0 Å². The predicted molar refractivity (Wildman–Crippen MR) is 55.4 cm³/mol. The first kappa shape index (κ1) is 11.9. The first-order chi connectivity index (χ1) is 6.86. The molecule has 3 N–H and O–H groups in total. The van der Waals surface area contributed by atoms with Crippen molar-refractivity contribution in [1.29, 1.82) is 0 Å². The number of carboxylic acids is 1. The minimum Gasteiger partial charge on any atom is -0.480 e. The number of halogens is 2. The molecule has 0 aliphatic heterocycles. The number of carbonyl (C=O) groups is 1. The van der Waals surface area contributed by atoms with Gasteiger partial charge in [-0.3, -0.25) is 4.79 Å². The van der Waals surface area contributed by atoms with Crippen molar-refractivity contribution in [2.45, 2.75) is 19.9 Å². The molecule has 1 rings (SSSR count). The van der Waals surface area contributed by atoms with Crippen molar-refractivity contribution in [2.75, 3.05) is 0 Å². The Bertz CT molecular complexity index is 394. The third-order valence-corrected chi connectivity index (χ3v) is 2.75. The highest BCUT2D eigenvalue weighted by atomic mass is 35.5. The Balaban J connectivity index is 3.45. The predicted octanol–water partition coefficient (Wildman–Crippen LogP) is 2.18. The molecule has 0 spiro atoms. The third-order valence-electron chi connectivity index (χ3n) is 2.36. The summed E-state index contributed by atoms with van der Waals surface area (Å²) < 4.78 is 13.3. The molecular formula is C10H11ClFNO2. The maximum absolute atomic E-state index is 13.3. The molecule has 1 unspecified atom stereocenters. The first-order valence-electron chi connectivity index (χ1n) is 4.29. The van der Waals surface area contributed by atoms with Crippen LogP contribution < -0.4 is 5.73 Å². The summed E-state index contributed by atoms with van der Waals surface area (Å²) in [6.07, 6.45) is 0. The second-order valence-corrected chi connectivity index (χ2v) is 3.73. The Labute approximate surface area is 91.7 Å². The molecular weight excluding hydrogens is 221 g/mol. The van der Waals surface area contributed by atoms with Gasteiger partial charge in [-0.25, -0.2) is 4.39 Å². The number of hydrogen-bond acceptors (Lipinski definition) is 2. The molecule has 1 aromatic carbocycles. The van der Waals surface area contributed by atoms with E-state index in [9.17, 15) is 9.18 Å². The van der Waals surface area contributed by atoms with Gasteiger partial charge in [-0.1, -0.05) is 11.6 Å². The number of aliphatic carboxylic acids is 1. The zero-order chi connectivity index (χ0) is 11.7. The lowest BCUT2D eigenvalue weighted by Crippen LogP contribution is -2.23. The van der Waals surface area contributed by atoms with Gasteiger partial charge in [-0.2, -0.15) is 0 Å². The fourth-order valence-electron chi connectivity index (χ4n) is 1.46. The van der Waals surface area contributed by atoms with Gasteiger partial charge in [0, 0.05) is 5.02 Å². The second kappa shape index (κ2) is 4.16. The summed E-state index contributed by atoms with van der Waals surface area (Å²) in [5.41, 5.74) is 6.43. The second-order valence-electron chi connectivity index (χ2n) is 3.32. The molecule has 0 heterocycles. The molecule has 0 saturated carbocycles. The van der Waals surface area contributed by atoms with Crippen molar-refractivity contribution in [3.63, 3.8) is 0 Å². The van der Waals surface area contributed by atoms with E-state index >= 15 is 0 Å². The molecule has 0 bridgehead atoms. The van der Waals surface area contributed by atoms with E-state index < -0.39 is 17.8 Å². The largest absolute Gasteiger partial charge is 0.480 e. The van der Waals surface area contributed by atoms with Crippen molar-refractivity contribution in [2.24, 2.45) is 5.73 Å². The molecule has 0 radical (unpaired) electrons. The summed E-state index contributed by atoms with van der Waals surface area (Å²) in [6, 6.07) is -0.0946. The monoisotopic (exact) mass is 231 g/mol. The zero-order valence-corrected chi connectivity index (χ0v) is 9.10. The van der Waals surface area contributed by atoms with Gasteiger partial charge in [-0.05, 0) is 36.6 Å². The van der Waals surface area contributed by atoms with Gasteiger partial charge in [0.25, 0.3) is 0 Å². The van der Waals surface area contributed by atoms with Gasteiger partial charge in [0.1, 0.15) is 11.9 Å². The summed E-state index contributed by atoms with van der Waals surface area (Å²) in [6.45, 7) is 3.10. The topological polar surface area (TPSA) is 63.3 Å². The zero-order valence-electron chi connectivity index (χ0n) is 8.34. The molecule has 0 fully saturated rings. The maximum atomic E-state index is 13.3. The molecule has 0 aromatic heterocycles. The van der Waals surface area contributed by atoms with Gasteiger partial charge in [-0.15, -0.1) is 0 Å². The quantitative estimate of drug-likeness (QED) is 0.820. The number of carboxylic acid groups (broad SMARTS) is 1. The molecule has 0 aliphatic rings. The summed E-state index contributed by atoms with van der Waals surface area (Å²) in [4.78, 5) is 10.7. The Morgan fingerprint density at radius 1 is 1.53 bits per heavy atom. The summed E-state index contributed by atoms with van der Waals surface area (Å²) >= 11 is 5.75. The molecule has 0 amide bonds. The van der Waals surface area contributed by atoms with Crippen LogP contribution in [0.2, 0.25) is 5.02 Å². The number of rotatable bonds is 2. The normalized spacial score (nSPS) is 12.6.